The number of likely N-dealkylation sites (tertiary alicyclic amines) is 1. The van der Waals surface area contributed by atoms with Gasteiger partial charge in [0, 0.05) is 25.0 Å². The normalized spacial score (nSPS) is 24.6. The SMILES string of the molecule is CN(CC(=O)NCC1CC1)[C@@H]1CCCN(Cc2noc(C3CC3)n2)C1. The number of hydrogen-bond donors (Lipinski definition) is 1. The molecule has 1 atom stereocenters. The maximum Gasteiger partial charge on any atom is 0.234 e. The first-order valence-electron chi connectivity index (χ1n) is 9.69. The van der Waals surface area contributed by atoms with E-state index in [1.54, 1.807) is 0 Å². The smallest absolute Gasteiger partial charge is 0.234 e. The highest BCUT2D eigenvalue weighted by Crippen LogP contribution is 2.38. The quantitative estimate of drug-likeness (QED) is 0.766. The van der Waals surface area contributed by atoms with Gasteiger partial charge < -0.3 is 9.84 Å². The van der Waals surface area contributed by atoms with Crippen molar-refractivity contribution >= 4 is 5.91 Å². The van der Waals surface area contributed by atoms with E-state index in [0.29, 0.717) is 18.5 Å². The molecule has 7 heteroatoms. The molecule has 138 valence electrons. The van der Waals surface area contributed by atoms with Crippen LogP contribution in [-0.4, -0.2) is 65.1 Å². The van der Waals surface area contributed by atoms with E-state index in [0.717, 1.165) is 56.7 Å². The van der Waals surface area contributed by atoms with E-state index in [1.165, 1.54) is 25.7 Å². The Morgan fingerprint density at radius 3 is 2.92 bits per heavy atom. The zero-order valence-corrected chi connectivity index (χ0v) is 15.1. The molecule has 2 aliphatic carbocycles. The summed E-state index contributed by atoms with van der Waals surface area (Å²) in [6, 6.07) is 0.412. The average Bonchev–Trinajstić information content (AvgIpc) is 3.53. The lowest BCUT2D eigenvalue weighted by Crippen LogP contribution is -2.49. The van der Waals surface area contributed by atoms with Crippen molar-refractivity contribution in [3.8, 4) is 0 Å². The summed E-state index contributed by atoms with van der Waals surface area (Å²) >= 11 is 0. The van der Waals surface area contributed by atoms with Crippen LogP contribution in [0.5, 0.6) is 0 Å². The predicted molar refractivity (Wildman–Crippen MR) is 92.9 cm³/mol. The van der Waals surface area contributed by atoms with Crippen LogP contribution >= 0.6 is 0 Å². The van der Waals surface area contributed by atoms with Gasteiger partial charge in [-0.15, -0.1) is 0 Å². The molecule has 2 heterocycles. The number of nitrogens with zero attached hydrogens (tertiary/aromatic N) is 4. The van der Waals surface area contributed by atoms with Gasteiger partial charge in [-0.05, 0) is 58.0 Å². The summed E-state index contributed by atoms with van der Waals surface area (Å²) in [5.74, 6) is 3.00. The molecule has 3 aliphatic rings. The molecular formula is C18H29N5O2. The Labute approximate surface area is 149 Å². The summed E-state index contributed by atoms with van der Waals surface area (Å²) in [6.45, 7) is 4.10. The minimum atomic E-state index is 0.152. The Morgan fingerprint density at radius 1 is 1.32 bits per heavy atom. The molecule has 2 saturated carbocycles. The average molecular weight is 347 g/mol. The molecule has 1 N–H and O–H groups in total. The molecule has 1 aliphatic heterocycles. The predicted octanol–water partition coefficient (Wildman–Crippen LogP) is 1.37. The van der Waals surface area contributed by atoms with Crippen LogP contribution in [0, 0.1) is 5.92 Å². The molecule has 1 aromatic rings. The van der Waals surface area contributed by atoms with Gasteiger partial charge in [-0.3, -0.25) is 14.6 Å². The van der Waals surface area contributed by atoms with Crippen molar-refractivity contribution in [2.75, 3.05) is 33.2 Å². The molecule has 25 heavy (non-hydrogen) atoms. The van der Waals surface area contributed by atoms with E-state index >= 15 is 0 Å². The lowest BCUT2D eigenvalue weighted by Gasteiger charge is -2.36. The molecule has 0 radical (unpaired) electrons. The number of piperidine rings is 1. The maximum atomic E-state index is 12.1. The fraction of sp³-hybridized carbons (Fsp3) is 0.833. The van der Waals surface area contributed by atoms with Crippen LogP contribution in [0.1, 0.15) is 56.2 Å². The molecule has 4 rings (SSSR count). The van der Waals surface area contributed by atoms with Crippen molar-refractivity contribution in [3.05, 3.63) is 11.7 Å². The summed E-state index contributed by atoms with van der Waals surface area (Å²) in [4.78, 5) is 21.2. The molecule has 0 bridgehead atoms. The highest BCUT2D eigenvalue weighted by Gasteiger charge is 2.30. The van der Waals surface area contributed by atoms with E-state index in [9.17, 15) is 4.79 Å². The Kier molecular flexibility index (Phi) is 5.03. The van der Waals surface area contributed by atoms with Crippen molar-refractivity contribution < 1.29 is 9.32 Å². The third-order valence-electron chi connectivity index (χ3n) is 5.56. The monoisotopic (exact) mass is 347 g/mol. The topological polar surface area (TPSA) is 74.5 Å². The number of amides is 1. The first-order valence-corrected chi connectivity index (χ1v) is 9.69. The summed E-state index contributed by atoms with van der Waals surface area (Å²) in [5, 5.41) is 7.19. The van der Waals surface area contributed by atoms with Crippen LogP contribution in [0.2, 0.25) is 0 Å². The summed E-state index contributed by atoms with van der Waals surface area (Å²) in [5.41, 5.74) is 0. The van der Waals surface area contributed by atoms with Gasteiger partial charge in [0.25, 0.3) is 0 Å². The molecule has 7 nitrogen and oxygen atoms in total. The minimum Gasteiger partial charge on any atom is -0.355 e. The van der Waals surface area contributed by atoms with Gasteiger partial charge in [0.05, 0.1) is 13.1 Å². The first-order chi connectivity index (χ1) is 12.2. The van der Waals surface area contributed by atoms with Gasteiger partial charge in [0.15, 0.2) is 5.82 Å². The number of aromatic nitrogens is 2. The number of carbonyl (C=O) groups excluding carboxylic acids is 1. The number of carbonyl (C=O) groups is 1. The summed E-state index contributed by atoms with van der Waals surface area (Å²) < 4.78 is 5.36. The molecule has 0 spiro atoms. The highest BCUT2D eigenvalue weighted by atomic mass is 16.5. The fourth-order valence-electron chi connectivity index (χ4n) is 3.55. The van der Waals surface area contributed by atoms with Crippen LogP contribution in [0.4, 0.5) is 0 Å². The van der Waals surface area contributed by atoms with Gasteiger partial charge in [-0.1, -0.05) is 5.16 Å². The van der Waals surface area contributed by atoms with Crippen LogP contribution in [0.15, 0.2) is 4.52 Å². The van der Waals surface area contributed by atoms with Gasteiger partial charge in [-0.2, -0.15) is 4.98 Å². The molecule has 0 aromatic carbocycles. The van der Waals surface area contributed by atoms with Crippen LogP contribution in [-0.2, 0) is 11.3 Å². The number of rotatable bonds is 8. The Morgan fingerprint density at radius 2 is 2.16 bits per heavy atom. The lowest BCUT2D eigenvalue weighted by atomic mass is 10.0. The van der Waals surface area contributed by atoms with E-state index in [-0.39, 0.29) is 5.91 Å². The molecule has 0 unspecified atom stereocenters. The molecule has 1 saturated heterocycles. The van der Waals surface area contributed by atoms with E-state index in [4.69, 9.17) is 4.52 Å². The zero-order valence-electron chi connectivity index (χ0n) is 15.1. The van der Waals surface area contributed by atoms with Gasteiger partial charge >= 0.3 is 0 Å². The van der Waals surface area contributed by atoms with Crippen LogP contribution < -0.4 is 5.32 Å². The standard InChI is InChI=1S/C18H29N5O2/c1-22(12-17(24)19-9-13-4-5-13)15-3-2-8-23(10-15)11-16-20-18(25-21-16)14-6-7-14/h13-15H,2-12H2,1H3,(H,19,24)/t15-/m1/s1. The summed E-state index contributed by atoms with van der Waals surface area (Å²) in [6.07, 6.45) is 7.19. The van der Waals surface area contributed by atoms with E-state index in [1.807, 2.05) is 0 Å². The number of hydrogen-bond acceptors (Lipinski definition) is 6. The summed E-state index contributed by atoms with van der Waals surface area (Å²) in [7, 11) is 2.06. The van der Waals surface area contributed by atoms with Gasteiger partial charge in [-0.25, -0.2) is 0 Å². The Balaban J connectivity index is 1.23. The van der Waals surface area contributed by atoms with Crippen molar-refractivity contribution in [1.29, 1.82) is 0 Å². The minimum absolute atomic E-state index is 0.152. The van der Waals surface area contributed by atoms with Gasteiger partial charge in [0.2, 0.25) is 11.8 Å². The lowest BCUT2D eigenvalue weighted by molar-refractivity contribution is -0.122. The number of likely N-dealkylation sites (N-methyl/N-ethyl adjacent to an activating group) is 1. The van der Waals surface area contributed by atoms with Gasteiger partial charge in [0.1, 0.15) is 0 Å². The van der Waals surface area contributed by atoms with Crippen LogP contribution in [0.25, 0.3) is 0 Å². The Hall–Kier alpha value is -1.47. The third kappa shape index (κ3) is 4.79. The first kappa shape index (κ1) is 17.0. The molecule has 1 aromatic heterocycles. The second-order valence-electron chi connectivity index (χ2n) is 8.02. The van der Waals surface area contributed by atoms with E-state index in [2.05, 4.69) is 32.3 Å². The molecular weight excluding hydrogens is 318 g/mol. The van der Waals surface area contributed by atoms with Crippen molar-refractivity contribution in [3.63, 3.8) is 0 Å². The van der Waals surface area contributed by atoms with Crippen LogP contribution in [0.3, 0.4) is 0 Å². The second-order valence-corrected chi connectivity index (χ2v) is 8.02. The Bertz CT molecular complexity index is 596. The molecule has 1 amide bonds. The third-order valence-corrected chi connectivity index (χ3v) is 5.56. The fourth-order valence-corrected chi connectivity index (χ4v) is 3.55. The highest BCUT2D eigenvalue weighted by molar-refractivity contribution is 5.78. The van der Waals surface area contributed by atoms with E-state index < -0.39 is 0 Å². The van der Waals surface area contributed by atoms with Crippen molar-refractivity contribution in [1.82, 2.24) is 25.3 Å². The second kappa shape index (κ2) is 7.41. The largest absolute Gasteiger partial charge is 0.355 e. The zero-order chi connectivity index (χ0) is 17.2. The van der Waals surface area contributed by atoms with Crippen molar-refractivity contribution in [2.24, 2.45) is 5.92 Å². The molecule has 3 fully saturated rings. The number of nitrogens with one attached hydrogen (secondary N) is 1. The maximum absolute atomic E-state index is 12.1. The van der Waals surface area contributed by atoms with Crippen molar-refractivity contribution in [2.45, 2.75) is 57.0 Å².